The molecule has 30 heavy (non-hydrogen) atoms. The Morgan fingerprint density at radius 2 is 1.87 bits per heavy atom. The van der Waals surface area contributed by atoms with Gasteiger partial charge in [-0.25, -0.2) is 0 Å². The molecule has 0 bridgehead atoms. The monoisotopic (exact) mass is 435 g/mol. The molecule has 1 heterocycles. The van der Waals surface area contributed by atoms with E-state index in [1.165, 1.54) is 21.3 Å². The summed E-state index contributed by atoms with van der Waals surface area (Å²) < 4.78 is 16.0. The molecule has 0 aromatic heterocycles. The van der Waals surface area contributed by atoms with Crippen molar-refractivity contribution in [1.82, 2.24) is 10.2 Å². The predicted octanol–water partition coefficient (Wildman–Crippen LogP) is 2.56. The van der Waals surface area contributed by atoms with E-state index in [-0.39, 0.29) is 29.7 Å². The van der Waals surface area contributed by atoms with E-state index < -0.39 is 0 Å². The van der Waals surface area contributed by atoms with E-state index in [1.807, 2.05) is 6.92 Å². The van der Waals surface area contributed by atoms with Crippen molar-refractivity contribution in [1.29, 1.82) is 0 Å². The molecular weight excluding hydrogens is 406 g/mol. The molecule has 164 valence electrons. The summed E-state index contributed by atoms with van der Waals surface area (Å²) in [6, 6.07) is 3.29. The van der Waals surface area contributed by atoms with Crippen LogP contribution in [0.25, 0.3) is 0 Å². The van der Waals surface area contributed by atoms with E-state index in [9.17, 15) is 9.59 Å². The van der Waals surface area contributed by atoms with E-state index in [0.717, 1.165) is 6.42 Å². The number of fused-ring (bicyclic) bond motifs is 1. The number of hydrogen-bond donors (Lipinski definition) is 2. The van der Waals surface area contributed by atoms with Gasteiger partial charge in [0.15, 0.2) is 16.6 Å². The Morgan fingerprint density at radius 3 is 2.43 bits per heavy atom. The maximum Gasteiger partial charge on any atom is 0.233 e. The second-order valence-electron chi connectivity index (χ2n) is 7.57. The molecule has 3 unspecified atom stereocenters. The molecule has 2 amide bonds. The van der Waals surface area contributed by atoms with Gasteiger partial charge in [0.2, 0.25) is 17.6 Å². The lowest BCUT2D eigenvalue weighted by Crippen LogP contribution is -2.61. The molecule has 1 aliphatic carbocycles. The average Bonchev–Trinajstić information content (AvgIpc) is 2.75. The first-order chi connectivity index (χ1) is 14.4. The van der Waals surface area contributed by atoms with Crippen molar-refractivity contribution in [2.75, 3.05) is 33.2 Å². The summed E-state index contributed by atoms with van der Waals surface area (Å²) in [5, 5.41) is 6.70. The minimum Gasteiger partial charge on any atom is -0.493 e. The van der Waals surface area contributed by atoms with Gasteiger partial charge in [-0.1, -0.05) is 6.92 Å². The summed E-state index contributed by atoms with van der Waals surface area (Å²) >= 11 is 5.38. The van der Waals surface area contributed by atoms with Crippen molar-refractivity contribution in [2.45, 2.75) is 38.6 Å². The van der Waals surface area contributed by atoms with E-state index in [4.69, 9.17) is 26.4 Å². The van der Waals surface area contributed by atoms with Gasteiger partial charge in [-0.15, -0.1) is 0 Å². The van der Waals surface area contributed by atoms with Crippen LogP contribution >= 0.6 is 12.2 Å². The fourth-order valence-electron chi connectivity index (χ4n) is 4.23. The van der Waals surface area contributed by atoms with Crippen molar-refractivity contribution in [2.24, 2.45) is 11.8 Å². The second-order valence-corrected chi connectivity index (χ2v) is 7.95. The van der Waals surface area contributed by atoms with Crippen LogP contribution in [0.3, 0.4) is 0 Å². The third-order valence-electron chi connectivity index (χ3n) is 5.74. The number of carbonyl (C=O) groups excluding carboxylic acids is 2. The van der Waals surface area contributed by atoms with E-state index >= 15 is 0 Å². The Labute approximate surface area is 182 Å². The predicted molar refractivity (Wildman–Crippen MR) is 117 cm³/mol. The lowest BCUT2D eigenvalue weighted by Gasteiger charge is -2.43. The molecule has 0 spiro atoms. The first-order valence-electron chi connectivity index (χ1n) is 10.2. The summed E-state index contributed by atoms with van der Waals surface area (Å²) in [6.07, 6.45) is 2.72. The summed E-state index contributed by atoms with van der Waals surface area (Å²) in [5.74, 6) is 1.04. The minimum absolute atomic E-state index is 0.0779. The molecule has 2 fully saturated rings. The molecule has 9 heteroatoms. The number of nitrogens with one attached hydrogen (secondary N) is 2. The van der Waals surface area contributed by atoms with Crippen molar-refractivity contribution in [3.05, 3.63) is 12.1 Å². The molecule has 3 atom stereocenters. The summed E-state index contributed by atoms with van der Waals surface area (Å²) in [5.41, 5.74) is 0.564. The zero-order valence-electron chi connectivity index (χ0n) is 17.8. The molecular formula is C21H29N3O5S. The number of anilines is 1. The molecule has 1 aromatic rings. The van der Waals surface area contributed by atoms with Gasteiger partial charge in [-0.2, -0.15) is 0 Å². The van der Waals surface area contributed by atoms with Crippen LogP contribution in [-0.2, 0) is 9.59 Å². The molecule has 2 N–H and O–H groups in total. The molecule has 2 aliphatic rings. The lowest BCUT2D eigenvalue weighted by molar-refractivity contribution is -0.137. The van der Waals surface area contributed by atoms with Gasteiger partial charge < -0.3 is 24.8 Å². The first kappa shape index (κ1) is 22.1. The zero-order chi connectivity index (χ0) is 21.8. The fourth-order valence-corrected chi connectivity index (χ4v) is 4.57. The summed E-state index contributed by atoms with van der Waals surface area (Å²) in [6.45, 7) is 2.64. The zero-order valence-corrected chi connectivity index (χ0v) is 18.6. The van der Waals surface area contributed by atoms with Gasteiger partial charge in [-0.3, -0.25) is 14.5 Å². The number of benzene rings is 1. The SMILES string of the molecule is CCCN1C(=O)C2CCC(C(=O)Nc3cc(OC)c(OC)c(OC)c3)CC2NC1=S. The van der Waals surface area contributed by atoms with Gasteiger partial charge in [0.25, 0.3) is 0 Å². The van der Waals surface area contributed by atoms with Gasteiger partial charge >= 0.3 is 0 Å². The lowest BCUT2D eigenvalue weighted by atomic mass is 9.76. The second kappa shape index (κ2) is 9.51. The van der Waals surface area contributed by atoms with Gasteiger partial charge in [0, 0.05) is 36.3 Å². The minimum atomic E-state index is -0.217. The quantitative estimate of drug-likeness (QED) is 0.636. The van der Waals surface area contributed by atoms with E-state index in [2.05, 4.69) is 10.6 Å². The molecule has 1 aromatic carbocycles. The fraction of sp³-hybridized carbons (Fsp3) is 0.571. The van der Waals surface area contributed by atoms with Crippen LogP contribution in [0.4, 0.5) is 5.69 Å². The maximum atomic E-state index is 12.9. The number of methoxy groups -OCH3 is 3. The van der Waals surface area contributed by atoms with Gasteiger partial charge in [0.1, 0.15) is 0 Å². The Kier molecular flexibility index (Phi) is 7.02. The molecule has 8 nitrogen and oxygen atoms in total. The van der Waals surface area contributed by atoms with Crippen LogP contribution < -0.4 is 24.8 Å². The number of hydrogen-bond acceptors (Lipinski definition) is 6. The van der Waals surface area contributed by atoms with Crippen LogP contribution in [0.5, 0.6) is 17.2 Å². The molecule has 1 saturated carbocycles. The first-order valence-corrected chi connectivity index (χ1v) is 10.6. The summed E-state index contributed by atoms with van der Waals surface area (Å²) in [7, 11) is 4.59. The van der Waals surface area contributed by atoms with Gasteiger partial charge in [-0.05, 0) is 37.9 Å². The number of amides is 2. The van der Waals surface area contributed by atoms with Crippen molar-refractivity contribution in [3.8, 4) is 17.2 Å². The van der Waals surface area contributed by atoms with E-state index in [0.29, 0.717) is 53.9 Å². The normalized spacial score (nSPS) is 23.3. The van der Waals surface area contributed by atoms with Crippen LogP contribution in [0.1, 0.15) is 32.6 Å². The highest BCUT2D eigenvalue weighted by atomic mass is 32.1. The number of thiocarbonyl (C=S) groups is 1. The number of nitrogens with zero attached hydrogens (tertiary/aromatic N) is 1. The van der Waals surface area contributed by atoms with Crippen molar-refractivity contribution in [3.63, 3.8) is 0 Å². The van der Waals surface area contributed by atoms with Crippen molar-refractivity contribution < 1.29 is 23.8 Å². The third kappa shape index (κ3) is 4.30. The number of ether oxygens (including phenoxy) is 3. The Hall–Kier alpha value is -2.55. The van der Waals surface area contributed by atoms with Crippen LogP contribution in [0.2, 0.25) is 0 Å². The Bertz CT molecular complexity index is 806. The molecule has 1 saturated heterocycles. The number of carbonyl (C=O) groups is 2. The maximum absolute atomic E-state index is 12.9. The molecule has 1 aliphatic heterocycles. The van der Waals surface area contributed by atoms with Crippen molar-refractivity contribution >= 4 is 34.8 Å². The Morgan fingerprint density at radius 1 is 1.20 bits per heavy atom. The average molecular weight is 436 g/mol. The third-order valence-corrected chi connectivity index (χ3v) is 6.08. The van der Waals surface area contributed by atoms with Gasteiger partial charge in [0.05, 0.1) is 27.2 Å². The standard InChI is InChI=1S/C21H29N3O5S/c1-5-8-24-20(26)14-7-6-12(9-15(14)23-21(24)30)19(25)22-13-10-16(27-2)18(29-4)17(11-13)28-3/h10-12,14-15H,5-9H2,1-4H3,(H,22,25)(H,23,30). The highest BCUT2D eigenvalue weighted by Gasteiger charge is 2.43. The largest absolute Gasteiger partial charge is 0.493 e. The van der Waals surface area contributed by atoms with Crippen LogP contribution in [0, 0.1) is 11.8 Å². The highest BCUT2D eigenvalue weighted by molar-refractivity contribution is 7.80. The molecule has 0 radical (unpaired) electrons. The molecule has 3 rings (SSSR count). The smallest absolute Gasteiger partial charge is 0.233 e. The summed E-state index contributed by atoms with van der Waals surface area (Å²) in [4.78, 5) is 27.4. The number of rotatable bonds is 7. The van der Waals surface area contributed by atoms with Crippen LogP contribution in [-0.4, -0.2) is 55.7 Å². The topological polar surface area (TPSA) is 89.1 Å². The van der Waals surface area contributed by atoms with Crippen LogP contribution in [0.15, 0.2) is 12.1 Å². The Balaban J connectivity index is 1.70. The van der Waals surface area contributed by atoms with E-state index in [1.54, 1.807) is 17.0 Å². The highest BCUT2D eigenvalue weighted by Crippen LogP contribution is 2.40.